The fraction of sp³-hybridized carbons (Fsp3) is 0.516. The number of sulfone groups is 1. The molecule has 0 unspecified atom stereocenters. The number of pyridine rings is 1. The zero-order valence-corrected chi connectivity index (χ0v) is 26.0. The van der Waals surface area contributed by atoms with Crippen LogP contribution >= 0.6 is 23.2 Å². The highest BCUT2D eigenvalue weighted by atomic mass is 35.5. The molecule has 0 spiro atoms. The first-order valence-electron chi connectivity index (χ1n) is 15.0. The van der Waals surface area contributed by atoms with Crippen LogP contribution in [0.4, 0.5) is 5.69 Å². The summed E-state index contributed by atoms with van der Waals surface area (Å²) in [5.41, 5.74) is 4.04. The number of benzene rings is 1. The van der Waals surface area contributed by atoms with E-state index < -0.39 is 26.6 Å². The van der Waals surface area contributed by atoms with E-state index in [2.05, 4.69) is 15.0 Å². The maximum atomic E-state index is 12.8. The molecule has 0 radical (unpaired) electrons. The summed E-state index contributed by atoms with van der Waals surface area (Å²) >= 11 is 13.1. The Bertz CT molecular complexity index is 1600. The zero-order chi connectivity index (χ0) is 29.7. The first kappa shape index (κ1) is 29.2. The van der Waals surface area contributed by atoms with Gasteiger partial charge < -0.3 is 14.4 Å². The monoisotopic (exact) mass is 644 g/mol. The zero-order valence-electron chi connectivity index (χ0n) is 23.7. The summed E-state index contributed by atoms with van der Waals surface area (Å²) in [4.78, 5) is 19.5. The fourth-order valence-electron chi connectivity index (χ4n) is 6.89. The molecule has 0 N–H and O–H groups in total. The van der Waals surface area contributed by atoms with Crippen molar-refractivity contribution in [1.82, 2.24) is 14.8 Å². The number of Topliss-reactive ketones (excluding diaryl/α,β-unsaturated/α-hetero) is 1. The molecule has 2 saturated carbocycles. The SMILES string of the molecule is O=C(CS(=O)(=O)C1CCOCC1)c1ccc(N2C[C@@H]3C[C@H]2C[C@H]3OCc2c(C3CC3)cnn2-c2c(Cl)cccc2Cl)cn1. The highest BCUT2D eigenvalue weighted by molar-refractivity contribution is 7.92. The van der Waals surface area contributed by atoms with Crippen molar-refractivity contribution in [2.24, 2.45) is 5.92 Å². The number of carbonyl (C=O) groups excluding carboxylic acids is 1. The molecule has 1 aromatic carbocycles. The molecule has 4 fully saturated rings. The highest BCUT2D eigenvalue weighted by Crippen LogP contribution is 2.45. The quantitative estimate of drug-likeness (QED) is 0.270. The molecule has 43 heavy (non-hydrogen) atoms. The van der Waals surface area contributed by atoms with Gasteiger partial charge in [0.25, 0.3) is 0 Å². The number of para-hydroxylation sites is 1. The number of halogens is 2. The smallest absolute Gasteiger partial charge is 0.196 e. The minimum Gasteiger partial charge on any atom is -0.381 e. The molecule has 4 heterocycles. The van der Waals surface area contributed by atoms with Gasteiger partial charge in [0.15, 0.2) is 15.6 Å². The minimum absolute atomic E-state index is 0.127. The third-order valence-electron chi connectivity index (χ3n) is 9.35. The molecule has 0 amide bonds. The van der Waals surface area contributed by atoms with Gasteiger partial charge in [-0.25, -0.2) is 13.1 Å². The summed E-state index contributed by atoms with van der Waals surface area (Å²) in [7, 11) is -3.53. The topological polar surface area (TPSA) is 104 Å². The molecule has 228 valence electrons. The predicted octanol–water partition coefficient (Wildman–Crippen LogP) is 5.41. The van der Waals surface area contributed by atoms with Crippen molar-refractivity contribution in [3.8, 4) is 5.69 Å². The standard InChI is InChI=1S/C31H34Cl2N4O5S/c32-25-2-1-3-26(33)31(25)37-28(24(15-35-37)19-4-5-19)17-42-30-13-22-12-20(30)16-36(22)21-6-7-27(34-14-21)29(38)18-43(39,40)23-8-10-41-11-9-23/h1-3,6-7,14-15,19-20,22-23,30H,4-5,8-13,16-18H2/t20-,22-,30+/m0/s1. The van der Waals surface area contributed by atoms with Crippen LogP contribution in [-0.2, 0) is 25.9 Å². The number of piperidine rings is 1. The van der Waals surface area contributed by atoms with Gasteiger partial charge in [0, 0.05) is 31.7 Å². The first-order valence-corrected chi connectivity index (χ1v) is 17.4. The van der Waals surface area contributed by atoms with Crippen molar-refractivity contribution in [3.05, 3.63) is 69.7 Å². The van der Waals surface area contributed by atoms with Crippen molar-refractivity contribution in [2.75, 3.05) is 30.4 Å². The molecule has 9 nitrogen and oxygen atoms in total. The number of rotatable bonds is 10. The first-order chi connectivity index (χ1) is 20.8. The molecule has 7 rings (SSSR count). The summed E-state index contributed by atoms with van der Waals surface area (Å²) in [5.74, 6) is -0.0899. The van der Waals surface area contributed by atoms with E-state index >= 15 is 0 Å². The largest absolute Gasteiger partial charge is 0.381 e. The summed E-state index contributed by atoms with van der Waals surface area (Å²) in [6.07, 6.45) is 8.86. The molecule has 2 bridgehead atoms. The van der Waals surface area contributed by atoms with E-state index in [1.165, 1.54) is 5.56 Å². The van der Waals surface area contributed by atoms with E-state index in [0.29, 0.717) is 66.3 Å². The Labute approximate surface area is 261 Å². The number of ketones is 1. The fourth-order valence-corrected chi connectivity index (χ4v) is 9.11. The van der Waals surface area contributed by atoms with E-state index in [9.17, 15) is 13.2 Å². The van der Waals surface area contributed by atoms with Crippen molar-refractivity contribution in [1.29, 1.82) is 0 Å². The van der Waals surface area contributed by atoms with E-state index in [4.69, 9.17) is 32.7 Å². The number of fused-ring (bicyclic) bond motifs is 2. The van der Waals surface area contributed by atoms with Crippen molar-refractivity contribution < 1.29 is 22.7 Å². The van der Waals surface area contributed by atoms with Gasteiger partial charge in [0.1, 0.15) is 17.1 Å². The van der Waals surface area contributed by atoms with Crippen LogP contribution in [0.2, 0.25) is 10.0 Å². The number of ether oxygens (including phenoxy) is 2. The van der Waals surface area contributed by atoms with E-state index in [1.807, 2.05) is 35.1 Å². The van der Waals surface area contributed by atoms with Crippen LogP contribution in [0.1, 0.15) is 66.2 Å². The summed E-state index contributed by atoms with van der Waals surface area (Å²) in [6, 6.07) is 9.32. The molecule has 2 aromatic heterocycles. The van der Waals surface area contributed by atoms with Crippen LogP contribution in [0, 0.1) is 5.92 Å². The number of hydrogen-bond donors (Lipinski definition) is 0. The number of nitrogens with zero attached hydrogens (tertiary/aromatic N) is 4. The Balaban J connectivity index is 0.986. The number of hydrogen-bond acceptors (Lipinski definition) is 8. The van der Waals surface area contributed by atoms with Crippen LogP contribution in [0.15, 0.2) is 42.7 Å². The number of carbonyl (C=O) groups is 1. The molecular weight excluding hydrogens is 611 g/mol. The van der Waals surface area contributed by atoms with Gasteiger partial charge in [-0.05, 0) is 74.3 Å². The average molecular weight is 646 g/mol. The number of anilines is 1. The van der Waals surface area contributed by atoms with Crippen LogP contribution in [-0.4, -0.2) is 71.9 Å². The third kappa shape index (κ3) is 5.84. The van der Waals surface area contributed by atoms with Crippen molar-refractivity contribution in [3.63, 3.8) is 0 Å². The van der Waals surface area contributed by atoms with Gasteiger partial charge in [0.2, 0.25) is 0 Å². The Kier molecular flexibility index (Phi) is 8.01. The van der Waals surface area contributed by atoms with E-state index in [0.717, 1.165) is 43.6 Å². The molecule has 2 saturated heterocycles. The van der Waals surface area contributed by atoms with Crippen molar-refractivity contribution >= 4 is 44.5 Å². The molecule has 4 aliphatic rings. The maximum absolute atomic E-state index is 12.8. The number of aromatic nitrogens is 3. The molecule has 12 heteroatoms. The van der Waals surface area contributed by atoms with Gasteiger partial charge in [-0.15, -0.1) is 0 Å². The second-order valence-corrected chi connectivity index (χ2v) is 15.2. The summed E-state index contributed by atoms with van der Waals surface area (Å²) in [5, 5.41) is 5.25. The van der Waals surface area contributed by atoms with Gasteiger partial charge in [-0.1, -0.05) is 29.3 Å². The molecule has 3 atom stereocenters. The second kappa shape index (κ2) is 11.8. The van der Waals surface area contributed by atoms with Crippen LogP contribution in [0.25, 0.3) is 5.69 Å². The lowest BCUT2D eigenvalue weighted by Gasteiger charge is -2.33. The Morgan fingerprint density at radius 1 is 1.02 bits per heavy atom. The molecule has 3 aromatic rings. The maximum Gasteiger partial charge on any atom is 0.196 e. The summed E-state index contributed by atoms with van der Waals surface area (Å²) < 4.78 is 39.1. The average Bonchev–Trinajstić information content (AvgIpc) is 3.45. The highest BCUT2D eigenvalue weighted by Gasteiger charge is 2.46. The second-order valence-electron chi connectivity index (χ2n) is 12.1. The van der Waals surface area contributed by atoms with Crippen LogP contribution < -0.4 is 4.90 Å². The predicted molar refractivity (Wildman–Crippen MR) is 164 cm³/mol. The van der Waals surface area contributed by atoms with Crippen LogP contribution in [0.3, 0.4) is 0 Å². The lowest BCUT2D eigenvalue weighted by molar-refractivity contribution is 0.00992. The Morgan fingerprint density at radius 2 is 1.79 bits per heavy atom. The van der Waals surface area contributed by atoms with Gasteiger partial charge in [0.05, 0.1) is 51.8 Å². The minimum atomic E-state index is -3.53. The Morgan fingerprint density at radius 3 is 2.44 bits per heavy atom. The van der Waals surface area contributed by atoms with Gasteiger partial charge in [-0.3, -0.25) is 9.78 Å². The van der Waals surface area contributed by atoms with Crippen LogP contribution in [0.5, 0.6) is 0 Å². The lowest BCUT2D eigenvalue weighted by atomic mass is 10.1. The van der Waals surface area contributed by atoms with Crippen molar-refractivity contribution in [2.45, 2.75) is 68.4 Å². The van der Waals surface area contributed by atoms with E-state index in [1.54, 1.807) is 12.3 Å². The lowest BCUT2D eigenvalue weighted by Crippen LogP contribution is -2.38. The molecule has 2 aliphatic carbocycles. The van der Waals surface area contributed by atoms with Gasteiger partial charge >= 0.3 is 0 Å². The van der Waals surface area contributed by atoms with Gasteiger partial charge in [-0.2, -0.15) is 5.10 Å². The molecular formula is C31H34Cl2N4O5S. The summed E-state index contributed by atoms with van der Waals surface area (Å²) in [6.45, 7) is 2.11. The normalized spacial score (nSPS) is 24.1. The third-order valence-corrected chi connectivity index (χ3v) is 12.1. The Hall–Kier alpha value is -2.50. The molecule has 2 aliphatic heterocycles. The van der Waals surface area contributed by atoms with E-state index in [-0.39, 0.29) is 11.8 Å².